The molecule has 0 saturated heterocycles. The van der Waals surface area contributed by atoms with Crippen molar-refractivity contribution >= 4 is 51.4 Å². The van der Waals surface area contributed by atoms with Crippen LogP contribution in [0.3, 0.4) is 0 Å². The van der Waals surface area contributed by atoms with E-state index in [1.165, 1.54) is 28.6 Å². The van der Waals surface area contributed by atoms with Gasteiger partial charge in [0.1, 0.15) is 26.7 Å². The molecule has 2 heterocycles. The van der Waals surface area contributed by atoms with E-state index in [4.69, 9.17) is 9.97 Å². The minimum absolute atomic E-state index is 0.120. The molecule has 0 fully saturated rings. The Morgan fingerprint density at radius 1 is 0.604 bits per heavy atom. The summed E-state index contributed by atoms with van der Waals surface area (Å²) in [7, 11) is 0. The Labute approximate surface area is 315 Å². The molecule has 254 valence electrons. The number of fused-ring (bicyclic) bond motifs is 5. The number of aryl methyl sites for hydroxylation is 2. The van der Waals surface area contributed by atoms with Gasteiger partial charge in [0.2, 0.25) is 0 Å². The summed E-state index contributed by atoms with van der Waals surface area (Å²) < 4.78 is 15.9. The molecule has 1 aromatic heterocycles. The number of nitriles is 2. The highest BCUT2D eigenvalue weighted by Gasteiger charge is 2.36. The van der Waals surface area contributed by atoms with Crippen LogP contribution in [0, 0.1) is 41.0 Å². The van der Waals surface area contributed by atoms with Crippen LogP contribution in [-0.4, -0.2) is 9.97 Å². The summed E-state index contributed by atoms with van der Waals surface area (Å²) in [5.41, 5.74) is 14.9. The molecule has 0 atom stereocenters. The van der Waals surface area contributed by atoms with Crippen LogP contribution in [-0.2, 0) is 5.41 Å². The van der Waals surface area contributed by atoms with Gasteiger partial charge in [-0.1, -0.05) is 86.6 Å². The molecular formula is C45H30FN5S2. The number of anilines is 3. The summed E-state index contributed by atoms with van der Waals surface area (Å²) in [4.78, 5) is 11.9. The number of benzene rings is 6. The maximum Gasteiger partial charge on any atom is 0.145 e. The van der Waals surface area contributed by atoms with E-state index in [2.05, 4.69) is 118 Å². The fourth-order valence-corrected chi connectivity index (χ4v) is 9.22. The maximum absolute atomic E-state index is 15.9. The van der Waals surface area contributed by atoms with Crippen molar-refractivity contribution < 1.29 is 4.39 Å². The van der Waals surface area contributed by atoms with Gasteiger partial charge in [-0.2, -0.15) is 10.5 Å². The van der Waals surface area contributed by atoms with Crippen molar-refractivity contribution in [3.05, 3.63) is 137 Å². The number of thioether (sulfide) groups is 2. The first-order valence-corrected chi connectivity index (χ1v) is 18.9. The Morgan fingerprint density at radius 2 is 1.11 bits per heavy atom. The third-order valence-corrected chi connectivity index (χ3v) is 11.9. The Kier molecular flexibility index (Phi) is 7.67. The van der Waals surface area contributed by atoms with E-state index in [-0.39, 0.29) is 11.2 Å². The number of hydrogen-bond acceptors (Lipinski definition) is 7. The fourth-order valence-electron chi connectivity index (χ4n) is 8.26. The lowest BCUT2D eigenvalue weighted by molar-refractivity contribution is 0.632. The lowest BCUT2D eigenvalue weighted by Gasteiger charge is -2.42. The molecule has 0 spiro atoms. The quantitative estimate of drug-likeness (QED) is 0.129. The lowest BCUT2D eigenvalue weighted by atomic mass is 9.73. The molecule has 0 N–H and O–H groups in total. The van der Waals surface area contributed by atoms with Crippen molar-refractivity contribution in [3.63, 3.8) is 0 Å². The van der Waals surface area contributed by atoms with Crippen LogP contribution in [0.1, 0.15) is 36.1 Å². The highest BCUT2D eigenvalue weighted by molar-refractivity contribution is 8.06. The van der Waals surface area contributed by atoms with Crippen LogP contribution in [0.2, 0.25) is 0 Å². The zero-order valence-electron chi connectivity index (χ0n) is 29.3. The Bertz CT molecular complexity index is 2700. The number of nitrogens with zero attached hydrogens (tertiary/aromatic N) is 5. The van der Waals surface area contributed by atoms with Crippen LogP contribution in [0.25, 0.3) is 55.5 Å². The van der Waals surface area contributed by atoms with Gasteiger partial charge < -0.3 is 4.90 Å². The van der Waals surface area contributed by atoms with Crippen molar-refractivity contribution in [1.29, 1.82) is 10.5 Å². The van der Waals surface area contributed by atoms with E-state index < -0.39 is 0 Å². The number of aromatic nitrogens is 2. The van der Waals surface area contributed by atoms with Gasteiger partial charge in [-0.3, -0.25) is 0 Å². The van der Waals surface area contributed by atoms with Gasteiger partial charge in [-0.05, 0) is 94.8 Å². The number of halogens is 1. The molecule has 0 radical (unpaired) electrons. The Balaban J connectivity index is 1.11. The first-order valence-electron chi connectivity index (χ1n) is 17.2. The zero-order chi connectivity index (χ0) is 36.6. The van der Waals surface area contributed by atoms with Crippen molar-refractivity contribution in [3.8, 4) is 55.6 Å². The van der Waals surface area contributed by atoms with E-state index in [1.54, 1.807) is 6.07 Å². The second-order valence-corrected chi connectivity index (χ2v) is 15.5. The minimum atomic E-state index is -0.330. The molecule has 2 aliphatic rings. The summed E-state index contributed by atoms with van der Waals surface area (Å²) in [6, 6.07) is 37.5. The first kappa shape index (κ1) is 32.9. The largest absolute Gasteiger partial charge is 0.310 e. The maximum atomic E-state index is 15.9. The molecule has 1 aliphatic heterocycles. The van der Waals surface area contributed by atoms with Gasteiger partial charge in [0, 0.05) is 56.5 Å². The summed E-state index contributed by atoms with van der Waals surface area (Å²) in [5.74, 6) is -0.330. The minimum Gasteiger partial charge on any atom is -0.310 e. The SMILES string of the molecule is Cc1cc(-c2ccc3c4c(ccc(F)c24)-c2nc(SC#N)c(SC#N)nc2-3)ccc1-c1ccc(N2c3ccccc3C(C)(C)c3ccccc32)cc1C. The van der Waals surface area contributed by atoms with Crippen molar-refractivity contribution in [2.45, 2.75) is 43.2 Å². The van der Waals surface area contributed by atoms with Gasteiger partial charge in [-0.25, -0.2) is 14.4 Å². The number of para-hydroxylation sites is 2. The van der Waals surface area contributed by atoms with Crippen molar-refractivity contribution in [2.24, 2.45) is 0 Å². The van der Waals surface area contributed by atoms with Crippen LogP contribution in [0.15, 0.2) is 119 Å². The summed E-state index contributed by atoms with van der Waals surface area (Å²) in [6.07, 6.45) is 0. The average Bonchev–Trinajstić information content (AvgIpc) is 3.46. The molecular weight excluding hydrogens is 694 g/mol. The first-order chi connectivity index (χ1) is 25.7. The third kappa shape index (κ3) is 4.98. The predicted molar refractivity (Wildman–Crippen MR) is 214 cm³/mol. The average molecular weight is 724 g/mol. The monoisotopic (exact) mass is 723 g/mol. The molecule has 0 bridgehead atoms. The van der Waals surface area contributed by atoms with Gasteiger partial charge in [0.15, 0.2) is 0 Å². The number of rotatable bonds is 5. The van der Waals surface area contributed by atoms with Gasteiger partial charge >= 0.3 is 0 Å². The summed E-state index contributed by atoms with van der Waals surface area (Å²) >= 11 is 1.73. The standard InChI is InChI=1S/C45H30FN5S2/c1-25-21-27(31-17-18-32-39-33(19-20-36(46)40(31)39)42-41(32)49-43(52-23-47)44(50-42)53-24-48)13-15-29(25)30-16-14-28(22-26(30)2)51-37-11-7-5-9-34(37)45(3,4)35-10-6-8-12-38(35)51/h5-22H,1-4H3. The molecule has 0 amide bonds. The second-order valence-electron chi connectivity index (χ2n) is 13.9. The van der Waals surface area contributed by atoms with Crippen LogP contribution >= 0.6 is 23.5 Å². The Hall–Kier alpha value is -5.93. The number of thiocyanates is 2. The summed E-state index contributed by atoms with van der Waals surface area (Å²) in [5, 5.41) is 24.8. The van der Waals surface area contributed by atoms with E-state index >= 15 is 4.39 Å². The predicted octanol–water partition coefficient (Wildman–Crippen LogP) is 12.6. The van der Waals surface area contributed by atoms with E-state index in [9.17, 15) is 10.5 Å². The molecule has 5 nitrogen and oxygen atoms in total. The summed E-state index contributed by atoms with van der Waals surface area (Å²) in [6.45, 7) is 8.87. The van der Waals surface area contributed by atoms with Gasteiger partial charge in [0.05, 0.1) is 22.8 Å². The lowest BCUT2D eigenvalue weighted by Crippen LogP contribution is -2.30. The second kappa shape index (κ2) is 12.3. The highest BCUT2D eigenvalue weighted by atomic mass is 32.2. The van der Waals surface area contributed by atoms with Crippen molar-refractivity contribution in [1.82, 2.24) is 9.97 Å². The van der Waals surface area contributed by atoms with Crippen molar-refractivity contribution in [2.75, 3.05) is 4.90 Å². The molecule has 8 heteroatoms. The third-order valence-electron chi connectivity index (χ3n) is 10.7. The zero-order valence-corrected chi connectivity index (χ0v) is 31.0. The molecule has 1 aliphatic carbocycles. The van der Waals surface area contributed by atoms with Crippen LogP contribution in [0.5, 0.6) is 0 Å². The fraction of sp³-hybridized carbons (Fsp3) is 0.111. The molecule has 0 unspecified atom stereocenters. The highest BCUT2D eigenvalue weighted by Crippen LogP contribution is 2.53. The van der Waals surface area contributed by atoms with Gasteiger partial charge in [0.25, 0.3) is 0 Å². The topological polar surface area (TPSA) is 76.6 Å². The smallest absolute Gasteiger partial charge is 0.145 e. The molecule has 53 heavy (non-hydrogen) atoms. The molecule has 9 rings (SSSR count). The van der Waals surface area contributed by atoms with E-state index in [0.717, 1.165) is 79.1 Å². The molecule has 6 aromatic carbocycles. The van der Waals surface area contributed by atoms with E-state index in [0.29, 0.717) is 26.8 Å². The van der Waals surface area contributed by atoms with E-state index in [1.807, 2.05) is 22.9 Å². The van der Waals surface area contributed by atoms with Crippen LogP contribution in [0.4, 0.5) is 21.5 Å². The normalized spacial score (nSPS) is 13.2. The van der Waals surface area contributed by atoms with Gasteiger partial charge in [-0.15, -0.1) is 0 Å². The van der Waals surface area contributed by atoms with Crippen LogP contribution < -0.4 is 4.90 Å². The molecule has 0 saturated carbocycles. The molecule has 7 aromatic rings. The number of hydrogen-bond donors (Lipinski definition) is 0. The Morgan fingerprint density at radius 3 is 1.68 bits per heavy atom.